The summed E-state index contributed by atoms with van der Waals surface area (Å²) in [5.41, 5.74) is 1.24. The molecule has 1 aliphatic rings. The van der Waals surface area contributed by atoms with E-state index in [9.17, 15) is 8.42 Å². The van der Waals surface area contributed by atoms with Crippen LogP contribution in [0.1, 0.15) is 39.2 Å². The fourth-order valence-electron chi connectivity index (χ4n) is 3.19. The van der Waals surface area contributed by atoms with Gasteiger partial charge in [-0.1, -0.05) is 26.0 Å². The molecule has 0 spiro atoms. The van der Waals surface area contributed by atoms with Gasteiger partial charge in [0.25, 0.3) is 0 Å². The first-order valence-corrected chi connectivity index (χ1v) is 12.1. The molecule has 0 aromatic heterocycles. The molecule has 0 bridgehead atoms. The second-order valence-corrected chi connectivity index (χ2v) is 10.1. The van der Waals surface area contributed by atoms with Crippen LogP contribution in [-0.4, -0.2) is 63.8 Å². The molecule has 2 N–H and O–H groups in total. The van der Waals surface area contributed by atoms with Crippen LogP contribution in [0.25, 0.3) is 0 Å². The number of aliphatic imine (C=N–C) groups is 1. The van der Waals surface area contributed by atoms with Crippen LogP contribution in [0.15, 0.2) is 29.3 Å². The third kappa shape index (κ3) is 8.97. The number of rotatable bonds is 9. The zero-order valence-electron chi connectivity index (χ0n) is 18.6. The number of nitrogens with one attached hydrogen (secondary N) is 2. The Kier molecular flexibility index (Phi) is 12.0. The van der Waals surface area contributed by atoms with Gasteiger partial charge >= 0.3 is 0 Å². The van der Waals surface area contributed by atoms with Crippen molar-refractivity contribution in [3.63, 3.8) is 0 Å². The van der Waals surface area contributed by atoms with E-state index < -0.39 is 10.0 Å². The lowest BCUT2D eigenvalue weighted by Gasteiger charge is -2.32. The van der Waals surface area contributed by atoms with Crippen LogP contribution < -0.4 is 15.4 Å². The molecule has 1 aliphatic heterocycles. The number of sulfonamides is 1. The average Bonchev–Trinajstić information content (AvgIpc) is 2.72. The van der Waals surface area contributed by atoms with Crippen molar-refractivity contribution >= 4 is 40.0 Å². The lowest BCUT2D eigenvalue weighted by molar-refractivity contribution is 0.271. The molecule has 0 radical (unpaired) electrons. The summed E-state index contributed by atoms with van der Waals surface area (Å²) in [5, 5.41) is 6.76. The van der Waals surface area contributed by atoms with Crippen molar-refractivity contribution in [2.75, 3.05) is 39.0 Å². The molecule has 30 heavy (non-hydrogen) atoms. The minimum absolute atomic E-state index is 0. The van der Waals surface area contributed by atoms with Gasteiger partial charge in [-0.15, -0.1) is 24.0 Å². The maximum Gasteiger partial charge on any atom is 0.213 e. The second-order valence-electron chi connectivity index (χ2n) is 7.82. The molecule has 0 amide bonds. The second kappa shape index (κ2) is 13.4. The van der Waals surface area contributed by atoms with E-state index in [0.29, 0.717) is 19.0 Å². The zero-order valence-corrected chi connectivity index (χ0v) is 21.7. The van der Waals surface area contributed by atoms with E-state index in [1.807, 2.05) is 12.1 Å². The molecule has 0 atom stereocenters. The highest BCUT2D eigenvalue weighted by molar-refractivity contribution is 14.0. The molecular formula is C21H37IN4O3S. The smallest absolute Gasteiger partial charge is 0.213 e. The molecule has 0 unspecified atom stereocenters. The summed E-state index contributed by atoms with van der Waals surface area (Å²) < 4.78 is 31.2. The maximum absolute atomic E-state index is 12.0. The van der Waals surface area contributed by atoms with E-state index in [0.717, 1.165) is 44.1 Å². The number of nitrogens with zero attached hydrogens (tertiary/aromatic N) is 2. The average molecular weight is 553 g/mol. The van der Waals surface area contributed by atoms with Crippen LogP contribution in [0.5, 0.6) is 5.75 Å². The van der Waals surface area contributed by atoms with Crippen molar-refractivity contribution in [1.82, 2.24) is 14.9 Å². The first-order chi connectivity index (χ1) is 13.8. The first kappa shape index (κ1) is 27.0. The molecule has 2 rings (SSSR count). The number of halogens is 1. The largest absolute Gasteiger partial charge is 0.493 e. The summed E-state index contributed by atoms with van der Waals surface area (Å²) in [6.45, 7) is 8.60. The van der Waals surface area contributed by atoms with Crippen LogP contribution in [0.3, 0.4) is 0 Å². The number of piperidine rings is 1. The topological polar surface area (TPSA) is 83.0 Å². The molecule has 1 fully saturated rings. The van der Waals surface area contributed by atoms with Crippen LogP contribution >= 0.6 is 24.0 Å². The third-order valence-electron chi connectivity index (χ3n) is 4.99. The summed E-state index contributed by atoms with van der Waals surface area (Å²) in [6, 6.07) is 8.46. The number of ether oxygens (including phenoxy) is 1. The van der Waals surface area contributed by atoms with Gasteiger partial charge in [0.2, 0.25) is 10.0 Å². The van der Waals surface area contributed by atoms with Crippen molar-refractivity contribution in [3.8, 4) is 5.75 Å². The van der Waals surface area contributed by atoms with Gasteiger partial charge in [0.05, 0.1) is 12.4 Å². The van der Waals surface area contributed by atoms with Gasteiger partial charge in [0.15, 0.2) is 5.96 Å². The Hall–Kier alpha value is -1.07. The SMILES string of the molecule is CCS(=O)(=O)N1CCC(NC(=NC)NCCc2ccc(OCC(C)C)cc2)CC1.I. The minimum Gasteiger partial charge on any atom is -0.493 e. The standard InChI is InChI=1S/C21H36N4O3S.HI/c1-5-29(26,27)25-14-11-19(12-15-25)24-21(22-4)23-13-10-18-6-8-20(9-7-18)28-16-17(2)3;/h6-9,17,19H,5,10-16H2,1-4H3,(H2,22,23,24);1H. The summed E-state index contributed by atoms with van der Waals surface area (Å²) in [6.07, 6.45) is 2.47. The molecule has 172 valence electrons. The first-order valence-electron chi connectivity index (χ1n) is 10.5. The third-order valence-corrected chi connectivity index (χ3v) is 6.87. The minimum atomic E-state index is -3.08. The highest BCUT2D eigenvalue weighted by Gasteiger charge is 2.26. The van der Waals surface area contributed by atoms with Gasteiger partial charge in [-0.05, 0) is 49.8 Å². The number of hydrogen-bond acceptors (Lipinski definition) is 4. The fourth-order valence-corrected chi connectivity index (χ4v) is 4.32. The molecule has 1 aromatic rings. The predicted octanol–water partition coefficient (Wildman–Crippen LogP) is 2.86. The highest BCUT2D eigenvalue weighted by atomic mass is 127. The monoisotopic (exact) mass is 552 g/mol. The Bertz CT molecular complexity index is 746. The van der Waals surface area contributed by atoms with E-state index in [1.165, 1.54) is 5.56 Å². The van der Waals surface area contributed by atoms with Gasteiger partial charge in [0.1, 0.15) is 5.75 Å². The van der Waals surface area contributed by atoms with Crippen LogP contribution in [0, 0.1) is 5.92 Å². The lowest BCUT2D eigenvalue weighted by Crippen LogP contribution is -2.50. The summed E-state index contributed by atoms with van der Waals surface area (Å²) in [4.78, 5) is 4.29. The molecule has 1 saturated heterocycles. The normalized spacial score (nSPS) is 16.2. The molecule has 0 aliphatic carbocycles. The van der Waals surface area contributed by atoms with Gasteiger partial charge in [-0.2, -0.15) is 0 Å². The molecule has 9 heteroatoms. The number of guanidine groups is 1. The number of hydrogen-bond donors (Lipinski definition) is 2. The summed E-state index contributed by atoms with van der Waals surface area (Å²) in [5.74, 6) is 2.35. The quantitative estimate of drug-likeness (QED) is 0.280. The predicted molar refractivity (Wildman–Crippen MR) is 134 cm³/mol. The zero-order chi connectivity index (χ0) is 21.3. The van der Waals surface area contributed by atoms with Gasteiger partial charge in [-0.3, -0.25) is 4.99 Å². The molecule has 7 nitrogen and oxygen atoms in total. The Morgan fingerprint density at radius 1 is 1.23 bits per heavy atom. The van der Waals surface area contributed by atoms with Gasteiger partial charge < -0.3 is 15.4 Å². The van der Waals surface area contributed by atoms with Crippen molar-refractivity contribution in [3.05, 3.63) is 29.8 Å². The maximum atomic E-state index is 12.0. The summed E-state index contributed by atoms with van der Waals surface area (Å²) >= 11 is 0. The van der Waals surface area contributed by atoms with E-state index in [1.54, 1.807) is 18.3 Å². The van der Waals surface area contributed by atoms with Gasteiger partial charge in [0, 0.05) is 32.7 Å². The van der Waals surface area contributed by atoms with Crippen LogP contribution in [0.2, 0.25) is 0 Å². The Morgan fingerprint density at radius 2 is 1.87 bits per heavy atom. The summed E-state index contributed by atoms with van der Waals surface area (Å²) in [7, 11) is -1.33. The molecular weight excluding hydrogens is 515 g/mol. The number of benzene rings is 1. The van der Waals surface area contributed by atoms with E-state index in [2.05, 4.69) is 41.6 Å². The highest BCUT2D eigenvalue weighted by Crippen LogP contribution is 2.15. The van der Waals surface area contributed by atoms with Crippen molar-refractivity contribution in [1.29, 1.82) is 0 Å². The van der Waals surface area contributed by atoms with Crippen molar-refractivity contribution < 1.29 is 13.2 Å². The Balaban J connectivity index is 0.00000450. The lowest BCUT2D eigenvalue weighted by atomic mass is 10.1. The van der Waals surface area contributed by atoms with Crippen LogP contribution in [-0.2, 0) is 16.4 Å². The van der Waals surface area contributed by atoms with Crippen LogP contribution in [0.4, 0.5) is 0 Å². The fraction of sp³-hybridized carbons (Fsp3) is 0.667. The van der Waals surface area contributed by atoms with Gasteiger partial charge in [-0.25, -0.2) is 12.7 Å². The molecule has 1 aromatic carbocycles. The van der Waals surface area contributed by atoms with Crippen molar-refractivity contribution in [2.45, 2.75) is 46.1 Å². The van der Waals surface area contributed by atoms with E-state index >= 15 is 0 Å². The van der Waals surface area contributed by atoms with E-state index in [4.69, 9.17) is 4.74 Å². The Labute approximate surface area is 199 Å². The van der Waals surface area contributed by atoms with Crippen molar-refractivity contribution in [2.24, 2.45) is 10.9 Å². The molecule has 0 saturated carbocycles. The molecule has 1 heterocycles. The Morgan fingerprint density at radius 3 is 2.40 bits per heavy atom. The van der Waals surface area contributed by atoms with E-state index in [-0.39, 0.29) is 35.8 Å².